The molecule has 72 valence electrons. The van der Waals surface area contributed by atoms with Crippen LogP contribution in [-0.2, 0) is 0 Å². The van der Waals surface area contributed by atoms with Crippen molar-refractivity contribution in [3.8, 4) is 0 Å². The van der Waals surface area contributed by atoms with E-state index in [1.807, 2.05) is 0 Å². The van der Waals surface area contributed by atoms with Crippen LogP contribution >= 0.6 is 11.3 Å². The van der Waals surface area contributed by atoms with Crippen molar-refractivity contribution in [2.45, 2.75) is 45.2 Å². The molecule has 0 spiro atoms. The summed E-state index contributed by atoms with van der Waals surface area (Å²) in [6, 6.07) is 1.18. The summed E-state index contributed by atoms with van der Waals surface area (Å²) in [6.07, 6.45) is 4.07. The van der Waals surface area contributed by atoms with E-state index in [-0.39, 0.29) is 0 Å². The van der Waals surface area contributed by atoms with Gasteiger partial charge in [-0.1, -0.05) is 6.42 Å². The second-order valence-electron chi connectivity index (χ2n) is 3.84. The SMILES string of the molecule is Cc1csc(C(C)NC2CCC2)n1. The van der Waals surface area contributed by atoms with Gasteiger partial charge in [-0.05, 0) is 26.7 Å². The Morgan fingerprint density at radius 1 is 1.62 bits per heavy atom. The quantitative estimate of drug-likeness (QED) is 0.804. The molecule has 0 amide bonds. The molecule has 1 aromatic heterocycles. The first-order chi connectivity index (χ1) is 6.25. The van der Waals surface area contributed by atoms with Gasteiger partial charge in [0.05, 0.1) is 6.04 Å². The third-order valence-corrected chi connectivity index (χ3v) is 3.74. The number of nitrogens with zero attached hydrogens (tertiary/aromatic N) is 1. The highest BCUT2D eigenvalue weighted by Crippen LogP contribution is 2.24. The Morgan fingerprint density at radius 2 is 2.38 bits per heavy atom. The number of thiazole rings is 1. The normalized spacial score (nSPS) is 19.8. The highest BCUT2D eigenvalue weighted by Gasteiger charge is 2.20. The molecule has 1 aliphatic rings. The minimum absolute atomic E-state index is 0.434. The zero-order chi connectivity index (χ0) is 9.26. The molecule has 2 rings (SSSR count). The maximum atomic E-state index is 4.48. The van der Waals surface area contributed by atoms with Gasteiger partial charge in [0.2, 0.25) is 0 Å². The number of nitrogens with one attached hydrogen (secondary N) is 1. The Labute approximate surface area is 83.4 Å². The lowest BCUT2D eigenvalue weighted by Gasteiger charge is -2.29. The van der Waals surface area contributed by atoms with Crippen molar-refractivity contribution in [3.05, 3.63) is 16.1 Å². The first-order valence-electron chi connectivity index (χ1n) is 4.94. The molecule has 1 fully saturated rings. The van der Waals surface area contributed by atoms with Gasteiger partial charge in [0.25, 0.3) is 0 Å². The molecular weight excluding hydrogens is 180 g/mol. The molecule has 0 aliphatic heterocycles. The van der Waals surface area contributed by atoms with Crippen molar-refractivity contribution in [1.82, 2.24) is 10.3 Å². The molecule has 0 aromatic carbocycles. The van der Waals surface area contributed by atoms with E-state index < -0.39 is 0 Å². The Hall–Kier alpha value is -0.410. The summed E-state index contributed by atoms with van der Waals surface area (Å²) >= 11 is 1.76. The first-order valence-corrected chi connectivity index (χ1v) is 5.82. The van der Waals surface area contributed by atoms with Crippen LogP contribution in [0.4, 0.5) is 0 Å². The number of rotatable bonds is 3. The Morgan fingerprint density at radius 3 is 2.85 bits per heavy atom. The Balaban J connectivity index is 1.92. The molecule has 1 saturated carbocycles. The summed E-state index contributed by atoms with van der Waals surface area (Å²) in [5.41, 5.74) is 1.14. The fourth-order valence-electron chi connectivity index (χ4n) is 1.57. The van der Waals surface area contributed by atoms with E-state index in [1.165, 1.54) is 24.3 Å². The van der Waals surface area contributed by atoms with Crippen molar-refractivity contribution in [3.63, 3.8) is 0 Å². The van der Waals surface area contributed by atoms with Gasteiger partial charge in [-0.25, -0.2) is 4.98 Å². The van der Waals surface area contributed by atoms with Gasteiger partial charge in [-0.3, -0.25) is 0 Å². The maximum absolute atomic E-state index is 4.48. The second-order valence-corrected chi connectivity index (χ2v) is 4.73. The average Bonchev–Trinajstić information content (AvgIpc) is 2.44. The van der Waals surface area contributed by atoms with E-state index in [0.717, 1.165) is 11.7 Å². The van der Waals surface area contributed by atoms with E-state index in [0.29, 0.717) is 6.04 Å². The minimum Gasteiger partial charge on any atom is -0.305 e. The van der Waals surface area contributed by atoms with Crippen LogP contribution in [0, 0.1) is 6.92 Å². The van der Waals surface area contributed by atoms with E-state index in [2.05, 4.69) is 29.5 Å². The largest absolute Gasteiger partial charge is 0.305 e. The molecule has 0 saturated heterocycles. The van der Waals surface area contributed by atoms with Crippen molar-refractivity contribution < 1.29 is 0 Å². The van der Waals surface area contributed by atoms with Crippen molar-refractivity contribution in [2.75, 3.05) is 0 Å². The van der Waals surface area contributed by atoms with Gasteiger partial charge >= 0.3 is 0 Å². The van der Waals surface area contributed by atoms with Crippen molar-refractivity contribution >= 4 is 11.3 Å². The topological polar surface area (TPSA) is 24.9 Å². The smallest absolute Gasteiger partial charge is 0.110 e. The van der Waals surface area contributed by atoms with E-state index in [4.69, 9.17) is 0 Å². The second kappa shape index (κ2) is 3.76. The summed E-state index contributed by atoms with van der Waals surface area (Å²) < 4.78 is 0. The molecule has 1 aliphatic carbocycles. The minimum atomic E-state index is 0.434. The molecule has 13 heavy (non-hydrogen) atoms. The average molecular weight is 196 g/mol. The van der Waals surface area contributed by atoms with E-state index in [9.17, 15) is 0 Å². The molecule has 1 heterocycles. The monoisotopic (exact) mass is 196 g/mol. The third-order valence-electron chi connectivity index (χ3n) is 2.60. The van der Waals surface area contributed by atoms with Crippen LogP contribution in [0.25, 0.3) is 0 Å². The summed E-state index contributed by atoms with van der Waals surface area (Å²) in [4.78, 5) is 4.48. The van der Waals surface area contributed by atoms with Crippen molar-refractivity contribution in [2.24, 2.45) is 0 Å². The number of hydrogen-bond donors (Lipinski definition) is 1. The zero-order valence-electron chi connectivity index (χ0n) is 8.21. The third kappa shape index (κ3) is 2.09. The van der Waals surface area contributed by atoms with Gasteiger partial charge in [0, 0.05) is 17.1 Å². The van der Waals surface area contributed by atoms with Crippen LogP contribution in [0.3, 0.4) is 0 Å². The van der Waals surface area contributed by atoms with Gasteiger partial charge in [0.15, 0.2) is 0 Å². The Kier molecular flexibility index (Phi) is 2.65. The highest BCUT2D eigenvalue weighted by molar-refractivity contribution is 7.09. The zero-order valence-corrected chi connectivity index (χ0v) is 9.03. The van der Waals surface area contributed by atoms with Crippen LogP contribution in [-0.4, -0.2) is 11.0 Å². The van der Waals surface area contributed by atoms with Crippen LogP contribution in [0.2, 0.25) is 0 Å². The van der Waals surface area contributed by atoms with E-state index >= 15 is 0 Å². The predicted octanol–water partition coefficient (Wildman–Crippen LogP) is 2.65. The Bertz CT molecular complexity index is 278. The van der Waals surface area contributed by atoms with Crippen LogP contribution in [0.15, 0.2) is 5.38 Å². The summed E-state index contributed by atoms with van der Waals surface area (Å²) in [5, 5.41) is 6.94. The summed E-state index contributed by atoms with van der Waals surface area (Å²) in [6.45, 7) is 4.26. The molecule has 1 N–H and O–H groups in total. The molecule has 0 bridgehead atoms. The molecule has 1 unspecified atom stereocenters. The summed E-state index contributed by atoms with van der Waals surface area (Å²) in [7, 11) is 0. The molecule has 1 aromatic rings. The lowest BCUT2D eigenvalue weighted by atomic mass is 9.92. The fraction of sp³-hybridized carbons (Fsp3) is 0.700. The highest BCUT2D eigenvalue weighted by atomic mass is 32.1. The number of hydrogen-bond acceptors (Lipinski definition) is 3. The standard InChI is InChI=1S/C10H16N2S/c1-7-6-13-10(11-7)8(2)12-9-4-3-5-9/h6,8-9,12H,3-5H2,1-2H3. The predicted molar refractivity (Wildman–Crippen MR) is 56.0 cm³/mol. The maximum Gasteiger partial charge on any atom is 0.110 e. The van der Waals surface area contributed by atoms with Crippen LogP contribution < -0.4 is 5.32 Å². The van der Waals surface area contributed by atoms with Gasteiger partial charge in [-0.2, -0.15) is 0 Å². The van der Waals surface area contributed by atoms with Gasteiger partial charge in [0.1, 0.15) is 5.01 Å². The lowest BCUT2D eigenvalue weighted by Crippen LogP contribution is -2.36. The molecule has 0 radical (unpaired) electrons. The van der Waals surface area contributed by atoms with E-state index in [1.54, 1.807) is 11.3 Å². The fourth-order valence-corrected chi connectivity index (χ4v) is 2.38. The molecule has 3 heteroatoms. The number of aromatic nitrogens is 1. The van der Waals surface area contributed by atoms with Gasteiger partial charge < -0.3 is 5.32 Å². The first kappa shape index (κ1) is 9.16. The van der Waals surface area contributed by atoms with Gasteiger partial charge in [-0.15, -0.1) is 11.3 Å². The molecule has 1 atom stereocenters. The number of aryl methyl sites for hydroxylation is 1. The lowest BCUT2D eigenvalue weighted by molar-refractivity contribution is 0.313. The van der Waals surface area contributed by atoms with Crippen molar-refractivity contribution in [1.29, 1.82) is 0 Å². The molecular formula is C10H16N2S. The van der Waals surface area contributed by atoms with Crippen LogP contribution in [0.1, 0.15) is 42.9 Å². The molecule has 2 nitrogen and oxygen atoms in total. The van der Waals surface area contributed by atoms with Crippen LogP contribution in [0.5, 0.6) is 0 Å². The summed E-state index contributed by atoms with van der Waals surface area (Å²) in [5.74, 6) is 0.